The predicted octanol–water partition coefficient (Wildman–Crippen LogP) is 4.60. The van der Waals surface area contributed by atoms with E-state index in [1.54, 1.807) is 21.3 Å². The van der Waals surface area contributed by atoms with Gasteiger partial charge in [0.05, 0.1) is 18.7 Å². The molecule has 2 aromatic rings. The molecule has 0 radical (unpaired) electrons. The lowest BCUT2D eigenvalue weighted by Crippen LogP contribution is -2.36. The summed E-state index contributed by atoms with van der Waals surface area (Å²) in [5, 5.41) is 7.28. The highest BCUT2D eigenvalue weighted by molar-refractivity contribution is 14.0. The van der Waals surface area contributed by atoms with E-state index in [-0.39, 0.29) is 24.0 Å². The summed E-state index contributed by atoms with van der Waals surface area (Å²) in [5.74, 6) is 2.06. The van der Waals surface area contributed by atoms with Gasteiger partial charge in [-0.25, -0.2) is 0 Å². The van der Waals surface area contributed by atoms with E-state index in [0.717, 1.165) is 20.6 Å². The molecule has 0 saturated heterocycles. The first kappa shape index (κ1) is 22.9. The number of ether oxygens (including phenoxy) is 2. The van der Waals surface area contributed by atoms with Crippen LogP contribution >= 0.6 is 51.5 Å². The van der Waals surface area contributed by atoms with Crippen LogP contribution in [0.25, 0.3) is 0 Å². The molecule has 0 atom stereocenters. The number of aliphatic imine (C=N–C) groups is 1. The molecule has 0 aliphatic heterocycles. The third-order valence-electron chi connectivity index (χ3n) is 3.55. The van der Waals surface area contributed by atoms with E-state index in [4.69, 9.17) is 21.1 Å². The first-order chi connectivity index (χ1) is 12.1. The van der Waals surface area contributed by atoms with Gasteiger partial charge in [-0.2, -0.15) is 0 Å². The molecule has 26 heavy (non-hydrogen) atoms. The zero-order valence-corrected chi connectivity index (χ0v) is 19.5. The van der Waals surface area contributed by atoms with Crippen molar-refractivity contribution in [3.63, 3.8) is 0 Å². The topological polar surface area (TPSA) is 54.9 Å². The van der Waals surface area contributed by atoms with Crippen LogP contribution in [0, 0.1) is 0 Å². The van der Waals surface area contributed by atoms with Crippen molar-refractivity contribution < 1.29 is 9.47 Å². The Bertz CT molecular complexity index is 742. The SMILES string of the molecule is CN=C(NCc1ccc(Cl)cc1)NCc1cc(Br)c(OC)c(OC)c1.I. The highest BCUT2D eigenvalue weighted by Gasteiger charge is 2.10. The number of hydrogen-bond acceptors (Lipinski definition) is 3. The van der Waals surface area contributed by atoms with Crippen molar-refractivity contribution >= 4 is 57.5 Å². The van der Waals surface area contributed by atoms with Gasteiger partial charge < -0.3 is 20.1 Å². The molecular formula is C18H22BrClIN3O2. The zero-order chi connectivity index (χ0) is 18.2. The maximum Gasteiger partial charge on any atom is 0.191 e. The fraction of sp³-hybridized carbons (Fsp3) is 0.278. The van der Waals surface area contributed by atoms with Crippen LogP contribution in [0.4, 0.5) is 0 Å². The van der Waals surface area contributed by atoms with Crippen molar-refractivity contribution in [1.82, 2.24) is 10.6 Å². The molecule has 2 aromatic carbocycles. The molecule has 0 aliphatic carbocycles. The maximum atomic E-state index is 5.90. The van der Waals surface area contributed by atoms with Gasteiger partial charge in [-0.1, -0.05) is 23.7 Å². The van der Waals surface area contributed by atoms with Crippen LogP contribution in [0.2, 0.25) is 5.02 Å². The number of benzene rings is 2. The number of guanidine groups is 1. The summed E-state index contributed by atoms with van der Waals surface area (Å²) in [7, 11) is 4.97. The Labute approximate surface area is 184 Å². The molecule has 8 heteroatoms. The Morgan fingerprint density at radius 2 is 1.65 bits per heavy atom. The fourth-order valence-corrected chi connectivity index (χ4v) is 3.05. The van der Waals surface area contributed by atoms with Gasteiger partial charge in [0, 0.05) is 25.2 Å². The van der Waals surface area contributed by atoms with Crippen LogP contribution in [0.15, 0.2) is 45.9 Å². The van der Waals surface area contributed by atoms with E-state index in [0.29, 0.717) is 30.5 Å². The summed E-state index contributed by atoms with van der Waals surface area (Å²) in [6.07, 6.45) is 0. The Morgan fingerprint density at radius 1 is 1.04 bits per heavy atom. The van der Waals surface area contributed by atoms with Crippen LogP contribution in [0.5, 0.6) is 11.5 Å². The van der Waals surface area contributed by atoms with E-state index in [2.05, 4.69) is 31.6 Å². The zero-order valence-electron chi connectivity index (χ0n) is 14.8. The second-order valence-corrected chi connectivity index (χ2v) is 6.51. The van der Waals surface area contributed by atoms with Gasteiger partial charge in [-0.05, 0) is 51.3 Å². The maximum absolute atomic E-state index is 5.90. The number of rotatable bonds is 6. The second-order valence-electron chi connectivity index (χ2n) is 5.22. The number of methoxy groups -OCH3 is 2. The summed E-state index contributed by atoms with van der Waals surface area (Å²) in [4.78, 5) is 4.24. The number of nitrogens with zero attached hydrogens (tertiary/aromatic N) is 1. The van der Waals surface area contributed by atoms with Crippen LogP contribution in [-0.4, -0.2) is 27.2 Å². The van der Waals surface area contributed by atoms with Gasteiger partial charge >= 0.3 is 0 Å². The summed E-state index contributed by atoms with van der Waals surface area (Å²) >= 11 is 9.40. The van der Waals surface area contributed by atoms with E-state index in [9.17, 15) is 0 Å². The molecule has 0 fully saturated rings. The quantitative estimate of drug-likeness (QED) is 0.311. The van der Waals surface area contributed by atoms with Crippen molar-refractivity contribution in [1.29, 1.82) is 0 Å². The molecule has 142 valence electrons. The van der Waals surface area contributed by atoms with Gasteiger partial charge in [0.15, 0.2) is 17.5 Å². The Morgan fingerprint density at radius 3 is 2.19 bits per heavy atom. The van der Waals surface area contributed by atoms with E-state index in [1.807, 2.05) is 36.4 Å². The highest BCUT2D eigenvalue weighted by Crippen LogP contribution is 2.36. The molecule has 0 unspecified atom stereocenters. The first-order valence-corrected chi connectivity index (χ1v) is 8.83. The summed E-state index contributed by atoms with van der Waals surface area (Å²) in [6.45, 7) is 1.26. The lowest BCUT2D eigenvalue weighted by molar-refractivity contribution is 0.352. The van der Waals surface area contributed by atoms with E-state index in [1.165, 1.54) is 0 Å². The third-order valence-corrected chi connectivity index (χ3v) is 4.39. The minimum Gasteiger partial charge on any atom is -0.493 e. The molecule has 0 amide bonds. The average Bonchev–Trinajstić information content (AvgIpc) is 2.62. The molecule has 0 aromatic heterocycles. The van der Waals surface area contributed by atoms with Crippen molar-refractivity contribution in [3.8, 4) is 11.5 Å². The fourth-order valence-electron chi connectivity index (χ4n) is 2.27. The molecule has 0 heterocycles. The summed E-state index contributed by atoms with van der Waals surface area (Å²) in [5.41, 5.74) is 2.17. The minimum atomic E-state index is 0. The lowest BCUT2D eigenvalue weighted by atomic mass is 10.2. The Balaban J connectivity index is 0.00000338. The van der Waals surface area contributed by atoms with Crippen LogP contribution in [-0.2, 0) is 13.1 Å². The molecule has 0 bridgehead atoms. The summed E-state index contributed by atoms with van der Waals surface area (Å²) in [6, 6.07) is 11.6. The van der Waals surface area contributed by atoms with Crippen molar-refractivity contribution in [3.05, 3.63) is 57.0 Å². The second kappa shape index (κ2) is 11.5. The number of nitrogens with one attached hydrogen (secondary N) is 2. The Hall–Kier alpha value is -1.19. The van der Waals surface area contributed by atoms with Crippen LogP contribution < -0.4 is 20.1 Å². The standard InChI is InChI=1S/C18H21BrClN3O2.HI/c1-21-18(22-10-12-4-6-14(20)7-5-12)23-11-13-8-15(19)17(25-3)16(9-13)24-2;/h4-9H,10-11H2,1-3H3,(H2,21,22,23);1H. The summed E-state index contributed by atoms with van der Waals surface area (Å²) < 4.78 is 11.5. The molecule has 0 spiro atoms. The van der Waals surface area contributed by atoms with Gasteiger partial charge in [-0.3, -0.25) is 4.99 Å². The monoisotopic (exact) mass is 553 g/mol. The average molecular weight is 555 g/mol. The minimum absolute atomic E-state index is 0. The lowest BCUT2D eigenvalue weighted by Gasteiger charge is -2.15. The van der Waals surface area contributed by atoms with Crippen molar-refractivity contribution in [2.75, 3.05) is 21.3 Å². The molecule has 2 N–H and O–H groups in total. The largest absolute Gasteiger partial charge is 0.493 e. The highest BCUT2D eigenvalue weighted by atomic mass is 127. The van der Waals surface area contributed by atoms with Gasteiger partial charge in [0.2, 0.25) is 0 Å². The van der Waals surface area contributed by atoms with Gasteiger partial charge in [-0.15, -0.1) is 24.0 Å². The smallest absolute Gasteiger partial charge is 0.191 e. The molecule has 0 aliphatic rings. The Kier molecular flexibility index (Phi) is 10.1. The van der Waals surface area contributed by atoms with Crippen molar-refractivity contribution in [2.45, 2.75) is 13.1 Å². The molecule has 0 saturated carbocycles. The van der Waals surface area contributed by atoms with Crippen molar-refractivity contribution in [2.24, 2.45) is 4.99 Å². The normalized spacial score (nSPS) is 10.7. The predicted molar refractivity (Wildman–Crippen MR) is 121 cm³/mol. The van der Waals surface area contributed by atoms with E-state index < -0.39 is 0 Å². The first-order valence-electron chi connectivity index (χ1n) is 7.66. The van der Waals surface area contributed by atoms with Crippen LogP contribution in [0.3, 0.4) is 0 Å². The molecule has 5 nitrogen and oxygen atoms in total. The molecular weight excluding hydrogens is 532 g/mol. The molecule has 2 rings (SSSR count). The number of hydrogen-bond donors (Lipinski definition) is 2. The van der Waals surface area contributed by atoms with Gasteiger partial charge in [0.25, 0.3) is 0 Å². The third kappa shape index (κ3) is 6.51. The van der Waals surface area contributed by atoms with Gasteiger partial charge in [0.1, 0.15) is 0 Å². The number of halogens is 3. The van der Waals surface area contributed by atoms with Crippen LogP contribution in [0.1, 0.15) is 11.1 Å². The van der Waals surface area contributed by atoms with E-state index >= 15 is 0 Å².